The van der Waals surface area contributed by atoms with Gasteiger partial charge in [0.2, 0.25) is 0 Å². The lowest BCUT2D eigenvalue weighted by Crippen LogP contribution is -2.09. The van der Waals surface area contributed by atoms with E-state index in [-0.39, 0.29) is 5.56 Å². The Labute approximate surface area is 118 Å². The maximum atomic E-state index is 13.1. The molecule has 1 heterocycles. The van der Waals surface area contributed by atoms with Crippen LogP contribution in [0.3, 0.4) is 0 Å². The Balaban J connectivity index is 2.55. The van der Waals surface area contributed by atoms with Gasteiger partial charge in [0, 0.05) is 24.2 Å². The molecule has 0 spiro atoms. The van der Waals surface area contributed by atoms with Crippen LogP contribution < -0.4 is 0 Å². The van der Waals surface area contributed by atoms with Crippen LogP contribution in [0.1, 0.15) is 17.0 Å². The average Bonchev–Trinajstić information content (AvgIpc) is 2.81. The van der Waals surface area contributed by atoms with Gasteiger partial charge in [-0.2, -0.15) is 13.2 Å². The maximum Gasteiger partial charge on any atom is 0.417 e. The van der Waals surface area contributed by atoms with Crippen molar-refractivity contribution in [3.63, 3.8) is 0 Å². The first-order valence-corrected chi connectivity index (χ1v) is 5.91. The molecule has 0 aliphatic carbocycles. The first kappa shape index (κ1) is 14.8. The van der Waals surface area contributed by atoms with Crippen LogP contribution in [0.25, 0.3) is 11.8 Å². The summed E-state index contributed by atoms with van der Waals surface area (Å²) in [6, 6.07) is 3.68. The van der Waals surface area contributed by atoms with Crippen LogP contribution in [-0.4, -0.2) is 20.6 Å². The van der Waals surface area contributed by atoms with Crippen molar-refractivity contribution in [1.29, 1.82) is 0 Å². The van der Waals surface area contributed by atoms with Gasteiger partial charge in [-0.3, -0.25) is 0 Å². The molecule has 1 aromatic heterocycles. The number of hydrogen-bond donors (Lipinski definition) is 1. The predicted octanol–water partition coefficient (Wildman–Crippen LogP) is 3.30. The third-order valence-electron chi connectivity index (χ3n) is 2.85. The molecule has 0 fully saturated rings. The molecule has 0 saturated heterocycles. The molecule has 2 aromatic rings. The van der Waals surface area contributed by atoms with Crippen molar-refractivity contribution in [2.24, 2.45) is 0 Å². The number of aryl methyl sites for hydroxylation is 1. The van der Waals surface area contributed by atoms with Gasteiger partial charge in [-0.05, 0) is 30.7 Å². The Hall–Kier alpha value is -2.57. The number of carboxylic acid groups (broad SMARTS) is 1. The van der Waals surface area contributed by atoms with E-state index in [1.165, 1.54) is 22.9 Å². The Morgan fingerprint density at radius 3 is 2.62 bits per heavy atom. The Morgan fingerprint density at radius 1 is 1.38 bits per heavy atom. The van der Waals surface area contributed by atoms with Crippen molar-refractivity contribution in [2.45, 2.75) is 13.1 Å². The smallest absolute Gasteiger partial charge is 0.417 e. The van der Waals surface area contributed by atoms with Crippen molar-refractivity contribution in [3.05, 3.63) is 53.6 Å². The molecule has 4 nitrogen and oxygen atoms in total. The molecule has 2 rings (SSSR count). The summed E-state index contributed by atoms with van der Waals surface area (Å²) in [5, 5.41) is 8.53. The summed E-state index contributed by atoms with van der Waals surface area (Å²) in [5.41, 5.74) is -0.790. The van der Waals surface area contributed by atoms with E-state index in [1.54, 1.807) is 13.1 Å². The molecule has 0 radical (unpaired) electrons. The minimum Gasteiger partial charge on any atom is -0.478 e. The van der Waals surface area contributed by atoms with Gasteiger partial charge >= 0.3 is 12.1 Å². The molecule has 21 heavy (non-hydrogen) atoms. The first-order chi connectivity index (χ1) is 9.79. The van der Waals surface area contributed by atoms with Crippen LogP contribution in [0.4, 0.5) is 13.2 Å². The number of carboxylic acids is 1. The molecule has 7 heteroatoms. The summed E-state index contributed by atoms with van der Waals surface area (Å²) in [6.45, 7) is 1.67. The second-order valence-corrected chi connectivity index (χ2v) is 4.29. The molecular formula is C14H11F3N2O2. The largest absolute Gasteiger partial charge is 0.478 e. The van der Waals surface area contributed by atoms with Crippen molar-refractivity contribution in [2.75, 3.05) is 0 Å². The lowest BCUT2D eigenvalue weighted by atomic mass is 10.1. The monoisotopic (exact) mass is 296 g/mol. The van der Waals surface area contributed by atoms with E-state index < -0.39 is 17.7 Å². The van der Waals surface area contributed by atoms with Crippen LogP contribution in [-0.2, 0) is 11.0 Å². The summed E-state index contributed by atoms with van der Waals surface area (Å²) in [5.74, 6) is -0.755. The zero-order valence-electron chi connectivity index (χ0n) is 10.9. The van der Waals surface area contributed by atoms with Crippen LogP contribution in [0.5, 0.6) is 0 Å². The fourth-order valence-electron chi connectivity index (χ4n) is 1.90. The van der Waals surface area contributed by atoms with Gasteiger partial charge in [0.25, 0.3) is 0 Å². The topological polar surface area (TPSA) is 55.1 Å². The standard InChI is InChI=1S/C14H11F3N2O2/c1-9-18-6-7-19(9)11-4-2-10(3-5-13(20)21)12(8-11)14(15,16)17/h2-8H,1H3,(H,20,21)/b5-3+. The summed E-state index contributed by atoms with van der Waals surface area (Å²) in [4.78, 5) is 14.4. The second-order valence-electron chi connectivity index (χ2n) is 4.29. The van der Waals surface area contributed by atoms with Gasteiger partial charge < -0.3 is 9.67 Å². The number of imidazole rings is 1. The zero-order chi connectivity index (χ0) is 15.6. The Bertz CT molecular complexity index is 702. The maximum absolute atomic E-state index is 13.1. The van der Waals surface area contributed by atoms with Gasteiger partial charge in [0.15, 0.2) is 0 Å². The molecule has 0 bridgehead atoms. The molecule has 0 amide bonds. The van der Waals surface area contributed by atoms with Gasteiger partial charge in [0.1, 0.15) is 5.82 Å². The molecule has 0 atom stereocenters. The number of halogens is 3. The molecule has 1 N–H and O–H groups in total. The number of nitrogens with zero attached hydrogens (tertiary/aromatic N) is 2. The van der Waals surface area contributed by atoms with Gasteiger partial charge in [-0.25, -0.2) is 9.78 Å². The highest BCUT2D eigenvalue weighted by Crippen LogP contribution is 2.34. The quantitative estimate of drug-likeness (QED) is 0.884. The number of benzene rings is 1. The van der Waals surface area contributed by atoms with Crippen LogP contribution in [0.15, 0.2) is 36.7 Å². The highest BCUT2D eigenvalue weighted by atomic mass is 19.4. The van der Waals surface area contributed by atoms with E-state index in [2.05, 4.69) is 4.98 Å². The van der Waals surface area contributed by atoms with E-state index in [1.807, 2.05) is 0 Å². The predicted molar refractivity (Wildman–Crippen MR) is 70.0 cm³/mol. The van der Waals surface area contributed by atoms with E-state index in [0.717, 1.165) is 12.1 Å². The van der Waals surface area contributed by atoms with E-state index >= 15 is 0 Å². The molecule has 0 saturated carbocycles. The van der Waals surface area contributed by atoms with E-state index in [0.29, 0.717) is 17.6 Å². The molecular weight excluding hydrogens is 285 g/mol. The van der Waals surface area contributed by atoms with E-state index in [4.69, 9.17) is 5.11 Å². The minimum atomic E-state index is -4.58. The SMILES string of the molecule is Cc1nccn1-c1ccc(/C=C/C(=O)O)c(C(F)(F)F)c1. The van der Waals surface area contributed by atoms with E-state index in [9.17, 15) is 18.0 Å². The zero-order valence-corrected chi connectivity index (χ0v) is 10.9. The van der Waals surface area contributed by atoms with Gasteiger partial charge in [-0.1, -0.05) is 6.07 Å². The van der Waals surface area contributed by atoms with Crippen molar-refractivity contribution in [3.8, 4) is 5.69 Å². The normalized spacial score (nSPS) is 12.0. The number of aliphatic carboxylic acids is 1. The second kappa shape index (κ2) is 5.43. The van der Waals surface area contributed by atoms with Crippen molar-refractivity contribution in [1.82, 2.24) is 9.55 Å². The Morgan fingerprint density at radius 2 is 2.10 bits per heavy atom. The lowest BCUT2D eigenvalue weighted by Gasteiger charge is -2.13. The summed E-state index contributed by atoms with van der Waals surface area (Å²) < 4.78 is 40.8. The lowest BCUT2D eigenvalue weighted by molar-refractivity contribution is -0.138. The third kappa shape index (κ3) is 3.31. The highest BCUT2D eigenvalue weighted by molar-refractivity contribution is 5.85. The highest BCUT2D eigenvalue weighted by Gasteiger charge is 2.33. The van der Waals surface area contributed by atoms with Gasteiger partial charge in [-0.15, -0.1) is 0 Å². The average molecular weight is 296 g/mol. The summed E-state index contributed by atoms with van der Waals surface area (Å²) in [7, 11) is 0. The summed E-state index contributed by atoms with van der Waals surface area (Å²) in [6.07, 6.45) is 0.0590. The number of carbonyl (C=O) groups is 1. The number of alkyl halides is 3. The van der Waals surface area contributed by atoms with Crippen LogP contribution >= 0.6 is 0 Å². The number of rotatable bonds is 3. The van der Waals surface area contributed by atoms with Crippen LogP contribution in [0.2, 0.25) is 0 Å². The van der Waals surface area contributed by atoms with Crippen molar-refractivity contribution >= 4 is 12.0 Å². The minimum absolute atomic E-state index is 0.202. The van der Waals surface area contributed by atoms with Crippen LogP contribution in [0, 0.1) is 6.92 Å². The third-order valence-corrected chi connectivity index (χ3v) is 2.85. The summed E-state index contributed by atoms with van der Waals surface area (Å²) >= 11 is 0. The molecule has 0 aliphatic rings. The molecule has 0 aliphatic heterocycles. The fraction of sp³-hybridized carbons (Fsp3) is 0.143. The number of hydrogen-bond acceptors (Lipinski definition) is 2. The van der Waals surface area contributed by atoms with Gasteiger partial charge in [0.05, 0.1) is 5.56 Å². The molecule has 0 unspecified atom stereocenters. The molecule has 110 valence electrons. The fourth-order valence-corrected chi connectivity index (χ4v) is 1.90. The Kier molecular flexibility index (Phi) is 3.84. The first-order valence-electron chi connectivity index (χ1n) is 5.91. The molecule has 1 aromatic carbocycles. The van der Waals surface area contributed by atoms with Crippen molar-refractivity contribution < 1.29 is 23.1 Å². The number of aromatic nitrogens is 2.